The molecule has 5 nitrogen and oxygen atoms in total. The van der Waals surface area contributed by atoms with E-state index in [4.69, 9.17) is 10.5 Å². The normalized spacial score (nSPS) is 10.2. The second-order valence-corrected chi connectivity index (χ2v) is 4.45. The molecule has 2 aromatic rings. The van der Waals surface area contributed by atoms with Gasteiger partial charge in [0.1, 0.15) is 5.75 Å². The molecule has 0 aliphatic heterocycles. The number of rotatable bonds is 4. The maximum absolute atomic E-state index is 10.9. The Balaban J connectivity index is 2.28. The van der Waals surface area contributed by atoms with E-state index in [9.17, 15) is 9.59 Å². The zero-order chi connectivity index (χ0) is 14.5. The van der Waals surface area contributed by atoms with Crippen LogP contribution in [0.25, 0.3) is 10.8 Å². The summed E-state index contributed by atoms with van der Waals surface area (Å²) in [5.74, 6) is 0.361. The highest BCUT2D eigenvalue weighted by atomic mass is 16.5. The van der Waals surface area contributed by atoms with E-state index in [0.29, 0.717) is 18.7 Å². The Hall–Kier alpha value is -2.56. The third-order valence-electron chi connectivity index (χ3n) is 2.93. The first-order valence-corrected chi connectivity index (χ1v) is 6.29. The lowest BCUT2D eigenvalue weighted by atomic mass is 10.0. The number of nitrogens with one attached hydrogen (secondary N) is 1. The number of primary amides is 1. The summed E-state index contributed by atoms with van der Waals surface area (Å²) in [7, 11) is 0. The summed E-state index contributed by atoms with van der Waals surface area (Å²) in [6, 6.07) is 11.3. The molecule has 2 amide bonds. The van der Waals surface area contributed by atoms with Crippen molar-refractivity contribution < 1.29 is 14.3 Å². The Morgan fingerprint density at radius 1 is 1.25 bits per heavy atom. The van der Waals surface area contributed by atoms with E-state index in [0.717, 1.165) is 16.3 Å². The molecule has 2 rings (SSSR count). The van der Waals surface area contributed by atoms with Gasteiger partial charge in [0.25, 0.3) is 0 Å². The van der Waals surface area contributed by atoms with Crippen LogP contribution in [0.5, 0.6) is 5.75 Å². The summed E-state index contributed by atoms with van der Waals surface area (Å²) in [5.41, 5.74) is 6.09. The number of hydrogen-bond acceptors (Lipinski definition) is 3. The first-order valence-electron chi connectivity index (χ1n) is 6.29. The smallest absolute Gasteiger partial charge is 0.409 e. The predicted octanol–water partition coefficient (Wildman–Crippen LogP) is 1.98. The van der Waals surface area contributed by atoms with Crippen molar-refractivity contribution >= 4 is 22.8 Å². The van der Waals surface area contributed by atoms with Crippen molar-refractivity contribution in [3.63, 3.8) is 0 Å². The van der Waals surface area contributed by atoms with Crippen LogP contribution in [0.15, 0.2) is 36.4 Å². The summed E-state index contributed by atoms with van der Waals surface area (Å²) >= 11 is 0. The van der Waals surface area contributed by atoms with E-state index in [2.05, 4.69) is 5.32 Å². The minimum absolute atomic E-state index is 0.0528. The molecule has 20 heavy (non-hydrogen) atoms. The van der Waals surface area contributed by atoms with Crippen LogP contribution >= 0.6 is 0 Å². The van der Waals surface area contributed by atoms with Crippen LogP contribution in [-0.4, -0.2) is 18.5 Å². The van der Waals surface area contributed by atoms with E-state index >= 15 is 0 Å². The van der Waals surface area contributed by atoms with E-state index in [1.165, 1.54) is 6.92 Å². The molecule has 0 fully saturated rings. The molecular formula is C15H16N2O3. The number of benzene rings is 2. The molecule has 0 saturated heterocycles. The van der Waals surface area contributed by atoms with Crippen LogP contribution in [0.4, 0.5) is 4.79 Å². The number of carbonyl (C=O) groups is 2. The first-order chi connectivity index (χ1) is 9.56. The monoisotopic (exact) mass is 272 g/mol. The van der Waals surface area contributed by atoms with Gasteiger partial charge >= 0.3 is 6.09 Å². The van der Waals surface area contributed by atoms with Crippen molar-refractivity contribution in [2.45, 2.75) is 13.3 Å². The van der Waals surface area contributed by atoms with Crippen molar-refractivity contribution in [1.29, 1.82) is 0 Å². The average molecular weight is 272 g/mol. The summed E-state index contributed by atoms with van der Waals surface area (Å²) in [6.07, 6.45) is -0.128. The van der Waals surface area contributed by atoms with Gasteiger partial charge in [-0.05, 0) is 34.9 Å². The van der Waals surface area contributed by atoms with Gasteiger partial charge in [0.05, 0.1) is 0 Å². The predicted molar refractivity (Wildman–Crippen MR) is 76.5 cm³/mol. The maximum atomic E-state index is 10.9. The molecule has 0 atom stereocenters. The lowest BCUT2D eigenvalue weighted by Gasteiger charge is -2.09. The van der Waals surface area contributed by atoms with Crippen LogP contribution in [0.1, 0.15) is 12.5 Å². The molecule has 5 heteroatoms. The topological polar surface area (TPSA) is 81.4 Å². The molecule has 2 aromatic carbocycles. The fourth-order valence-electron chi connectivity index (χ4n) is 2.09. The van der Waals surface area contributed by atoms with Gasteiger partial charge in [-0.25, -0.2) is 4.79 Å². The molecule has 0 saturated carbocycles. The number of hydrogen-bond donors (Lipinski definition) is 2. The standard InChI is InChI=1S/C15H16N2O3/c1-10(18)17-8-7-12-4-2-3-11-5-6-13(9-14(11)12)20-15(16)19/h2-6,9H,7-8H2,1H3,(H2,16,19)(H,17,18). The summed E-state index contributed by atoms with van der Waals surface area (Å²) in [6.45, 7) is 2.05. The van der Waals surface area contributed by atoms with E-state index in [1.54, 1.807) is 12.1 Å². The number of amides is 2. The molecule has 3 N–H and O–H groups in total. The zero-order valence-electron chi connectivity index (χ0n) is 11.2. The molecule has 0 heterocycles. The van der Waals surface area contributed by atoms with Gasteiger partial charge in [0.2, 0.25) is 5.91 Å². The molecule has 104 valence electrons. The molecule has 0 unspecified atom stereocenters. The second kappa shape index (κ2) is 6.06. The molecule has 0 spiro atoms. The van der Waals surface area contributed by atoms with Gasteiger partial charge < -0.3 is 15.8 Å². The molecule has 0 bridgehead atoms. The molecule has 0 aromatic heterocycles. The maximum Gasteiger partial charge on any atom is 0.409 e. The van der Waals surface area contributed by atoms with E-state index in [-0.39, 0.29) is 5.91 Å². The van der Waals surface area contributed by atoms with Crippen LogP contribution < -0.4 is 15.8 Å². The minimum Gasteiger partial charge on any atom is -0.410 e. The first kappa shape index (κ1) is 13.9. The zero-order valence-corrected chi connectivity index (χ0v) is 11.2. The summed E-state index contributed by atoms with van der Waals surface area (Å²) < 4.78 is 4.89. The Labute approximate surface area is 116 Å². The largest absolute Gasteiger partial charge is 0.410 e. The summed E-state index contributed by atoms with van der Waals surface area (Å²) in [5, 5.41) is 4.79. The highest BCUT2D eigenvalue weighted by molar-refractivity contribution is 5.87. The fourth-order valence-corrected chi connectivity index (χ4v) is 2.09. The van der Waals surface area contributed by atoms with Crippen LogP contribution in [0.3, 0.4) is 0 Å². The second-order valence-electron chi connectivity index (χ2n) is 4.45. The van der Waals surface area contributed by atoms with Gasteiger partial charge in [-0.2, -0.15) is 0 Å². The van der Waals surface area contributed by atoms with Crippen molar-refractivity contribution in [3.8, 4) is 5.75 Å². The van der Waals surface area contributed by atoms with Crippen molar-refractivity contribution in [3.05, 3.63) is 42.0 Å². The molecule has 0 aliphatic carbocycles. The van der Waals surface area contributed by atoms with Gasteiger partial charge in [-0.15, -0.1) is 0 Å². The van der Waals surface area contributed by atoms with Gasteiger partial charge in [-0.1, -0.05) is 24.3 Å². The van der Waals surface area contributed by atoms with Crippen LogP contribution in [0.2, 0.25) is 0 Å². The Kier molecular flexibility index (Phi) is 4.20. The number of ether oxygens (including phenoxy) is 1. The Morgan fingerprint density at radius 3 is 2.75 bits per heavy atom. The lowest BCUT2D eigenvalue weighted by molar-refractivity contribution is -0.118. The van der Waals surface area contributed by atoms with E-state index < -0.39 is 6.09 Å². The van der Waals surface area contributed by atoms with Crippen molar-refractivity contribution in [2.24, 2.45) is 5.73 Å². The fraction of sp³-hybridized carbons (Fsp3) is 0.200. The van der Waals surface area contributed by atoms with Gasteiger partial charge in [0, 0.05) is 13.5 Å². The molecular weight excluding hydrogens is 256 g/mol. The van der Waals surface area contributed by atoms with Gasteiger partial charge in [0.15, 0.2) is 0 Å². The lowest BCUT2D eigenvalue weighted by Crippen LogP contribution is -2.22. The summed E-state index contributed by atoms with van der Waals surface area (Å²) in [4.78, 5) is 21.7. The van der Waals surface area contributed by atoms with Crippen LogP contribution in [-0.2, 0) is 11.2 Å². The van der Waals surface area contributed by atoms with Crippen molar-refractivity contribution in [2.75, 3.05) is 6.54 Å². The third-order valence-corrected chi connectivity index (χ3v) is 2.93. The van der Waals surface area contributed by atoms with Crippen molar-refractivity contribution in [1.82, 2.24) is 5.32 Å². The minimum atomic E-state index is -0.833. The third kappa shape index (κ3) is 3.47. The SMILES string of the molecule is CC(=O)NCCc1cccc2ccc(OC(N)=O)cc12. The molecule has 0 aliphatic rings. The highest BCUT2D eigenvalue weighted by Crippen LogP contribution is 2.24. The highest BCUT2D eigenvalue weighted by Gasteiger charge is 2.05. The Bertz CT molecular complexity index is 653. The number of nitrogens with two attached hydrogens (primary N) is 1. The average Bonchev–Trinajstić information content (AvgIpc) is 2.38. The molecule has 0 radical (unpaired) electrons. The quantitative estimate of drug-likeness (QED) is 0.892. The van der Waals surface area contributed by atoms with Gasteiger partial charge in [-0.3, -0.25) is 4.79 Å². The number of carbonyl (C=O) groups excluding carboxylic acids is 2. The van der Waals surface area contributed by atoms with Crippen LogP contribution in [0, 0.1) is 0 Å². The van der Waals surface area contributed by atoms with E-state index in [1.807, 2.05) is 24.3 Å². The number of fused-ring (bicyclic) bond motifs is 1. The Morgan fingerprint density at radius 2 is 2.05 bits per heavy atom.